The van der Waals surface area contributed by atoms with Crippen molar-refractivity contribution in [3.63, 3.8) is 0 Å². The van der Waals surface area contributed by atoms with Gasteiger partial charge in [0.05, 0.1) is 31.3 Å². The highest BCUT2D eigenvalue weighted by Gasteiger charge is 2.27. The molecule has 0 radical (unpaired) electrons. The Kier molecular flexibility index (Phi) is 8.87. The summed E-state index contributed by atoms with van der Waals surface area (Å²) >= 11 is 0. The van der Waals surface area contributed by atoms with E-state index in [1.807, 2.05) is 6.92 Å². The van der Waals surface area contributed by atoms with Gasteiger partial charge in [-0.2, -0.15) is 4.31 Å². The van der Waals surface area contributed by atoms with Gasteiger partial charge < -0.3 is 19.7 Å². The molecule has 0 aromatic heterocycles. The van der Waals surface area contributed by atoms with Crippen LogP contribution in [0.1, 0.15) is 49.8 Å². The Hall–Kier alpha value is -2.62. The molecule has 2 aliphatic heterocycles. The first-order valence-corrected chi connectivity index (χ1v) is 14.2. The number of sulfonamides is 1. The maximum atomic E-state index is 13.1. The van der Waals surface area contributed by atoms with Crippen LogP contribution in [0, 0.1) is 0 Å². The molecule has 1 atom stereocenters. The quantitative estimate of drug-likeness (QED) is 0.550. The molecule has 1 N–H and O–H groups in total. The Balaban J connectivity index is 1.36. The van der Waals surface area contributed by atoms with E-state index in [2.05, 4.69) is 34.5 Å². The number of piperidine rings is 1. The van der Waals surface area contributed by atoms with E-state index >= 15 is 0 Å². The van der Waals surface area contributed by atoms with E-state index < -0.39 is 10.0 Å². The minimum Gasteiger partial charge on any atom is -0.496 e. The highest BCUT2D eigenvalue weighted by Crippen LogP contribution is 2.27. The molecule has 0 saturated carbocycles. The van der Waals surface area contributed by atoms with E-state index in [0.717, 1.165) is 18.7 Å². The van der Waals surface area contributed by atoms with Crippen LogP contribution in [-0.2, 0) is 26.0 Å². The van der Waals surface area contributed by atoms with Crippen molar-refractivity contribution < 1.29 is 22.7 Å². The van der Waals surface area contributed by atoms with Crippen LogP contribution in [0.15, 0.2) is 47.4 Å². The van der Waals surface area contributed by atoms with Crippen LogP contribution < -0.4 is 15.0 Å². The summed E-state index contributed by atoms with van der Waals surface area (Å²) in [5.74, 6) is 0.483. The van der Waals surface area contributed by atoms with Crippen molar-refractivity contribution in [2.24, 2.45) is 0 Å². The Labute approximate surface area is 214 Å². The summed E-state index contributed by atoms with van der Waals surface area (Å²) in [5.41, 5.74) is 2.98. The summed E-state index contributed by atoms with van der Waals surface area (Å²) in [4.78, 5) is 15.4. The molecule has 4 rings (SSSR count). The van der Waals surface area contributed by atoms with Crippen molar-refractivity contribution in [1.29, 1.82) is 0 Å². The van der Waals surface area contributed by atoms with Crippen molar-refractivity contribution in [3.8, 4) is 5.75 Å². The summed E-state index contributed by atoms with van der Waals surface area (Å²) in [6, 6.07) is 13.1. The zero-order valence-corrected chi connectivity index (χ0v) is 22.1. The third kappa shape index (κ3) is 6.38. The molecule has 0 spiro atoms. The lowest BCUT2D eigenvalue weighted by molar-refractivity contribution is -0.121. The second-order valence-electron chi connectivity index (χ2n) is 9.42. The summed E-state index contributed by atoms with van der Waals surface area (Å²) < 4.78 is 38.3. The van der Waals surface area contributed by atoms with E-state index in [9.17, 15) is 13.2 Å². The number of methoxy groups -OCH3 is 1. The molecule has 2 aromatic carbocycles. The normalized spacial score (nSPS) is 18.0. The second-order valence-corrected chi connectivity index (χ2v) is 11.4. The molecule has 2 saturated heterocycles. The first-order valence-electron chi connectivity index (χ1n) is 12.8. The Morgan fingerprint density at radius 2 is 1.72 bits per heavy atom. The van der Waals surface area contributed by atoms with Crippen molar-refractivity contribution in [3.05, 3.63) is 53.6 Å². The molecule has 2 aliphatic rings. The van der Waals surface area contributed by atoms with Crippen molar-refractivity contribution in [2.45, 2.75) is 50.0 Å². The zero-order valence-electron chi connectivity index (χ0n) is 21.2. The van der Waals surface area contributed by atoms with E-state index in [-0.39, 0.29) is 23.3 Å². The number of rotatable bonds is 9. The van der Waals surface area contributed by atoms with Gasteiger partial charge in [0, 0.05) is 38.3 Å². The SMILES string of the molecule is COc1ccc(S(=O)(=O)N2CCOCC2)cc1CCC(=O)N[C@@H](C)c1ccc(N2CCCCC2)cc1. The van der Waals surface area contributed by atoms with Gasteiger partial charge >= 0.3 is 0 Å². The number of hydrogen-bond acceptors (Lipinski definition) is 6. The van der Waals surface area contributed by atoms with Crippen LogP contribution in [0.2, 0.25) is 0 Å². The number of carbonyl (C=O) groups is 1. The van der Waals surface area contributed by atoms with Crippen molar-refractivity contribution in [2.75, 3.05) is 51.4 Å². The fourth-order valence-electron chi connectivity index (χ4n) is 4.82. The maximum Gasteiger partial charge on any atom is 0.243 e. The summed E-state index contributed by atoms with van der Waals surface area (Å²) in [7, 11) is -2.07. The molecule has 2 aromatic rings. The first kappa shape index (κ1) is 26.4. The molecule has 2 fully saturated rings. The third-order valence-corrected chi connectivity index (χ3v) is 8.87. The molecule has 1 amide bonds. The average molecular weight is 516 g/mol. The second kappa shape index (κ2) is 12.1. The van der Waals surface area contributed by atoms with Gasteiger partial charge in [-0.05, 0) is 74.1 Å². The van der Waals surface area contributed by atoms with E-state index in [0.29, 0.717) is 44.0 Å². The number of amides is 1. The number of carbonyl (C=O) groups excluding carboxylic acids is 1. The van der Waals surface area contributed by atoms with Crippen LogP contribution in [0.5, 0.6) is 5.75 Å². The lowest BCUT2D eigenvalue weighted by Gasteiger charge is -2.29. The number of morpholine rings is 1. The lowest BCUT2D eigenvalue weighted by atomic mass is 10.0. The molecule has 36 heavy (non-hydrogen) atoms. The van der Waals surface area contributed by atoms with Gasteiger partial charge in [-0.3, -0.25) is 4.79 Å². The van der Waals surface area contributed by atoms with Gasteiger partial charge in [-0.1, -0.05) is 12.1 Å². The molecular formula is C27H37N3O5S. The van der Waals surface area contributed by atoms with Crippen LogP contribution in [0.3, 0.4) is 0 Å². The van der Waals surface area contributed by atoms with E-state index in [1.165, 1.54) is 29.3 Å². The molecule has 2 heterocycles. The zero-order chi connectivity index (χ0) is 25.5. The van der Waals surface area contributed by atoms with E-state index in [4.69, 9.17) is 9.47 Å². The van der Waals surface area contributed by atoms with Crippen molar-refractivity contribution >= 4 is 21.6 Å². The van der Waals surface area contributed by atoms with Gasteiger partial charge in [-0.25, -0.2) is 8.42 Å². The molecule has 0 bridgehead atoms. The summed E-state index contributed by atoms with van der Waals surface area (Å²) in [6.07, 6.45) is 4.38. The predicted octanol–water partition coefficient (Wildman–Crippen LogP) is 3.52. The van der Waals surface area contributed by atoms with Crippen LogP contribution in [0.4, 0.5) is 5.69 Å². The van der Waals surface area contributed by atoms with Gasteiger partial charge in [-0.15, -0.1) is 0 Å². The highest BCUT2D eigenvalue weighted by molar-refractivity contribution is 7.89. The topological polar surface area (TPSA) is 88.2 Å². The molecule has 0 unspecified atom stereocenters. The minimum atomic E-state index is -3.62. The number of benzene rings is 2. The monoisotopic (exact) mass is 515 g/mol. The largest absolute Gasteiger partial charge is 0.496 e. The smallest absolute Gasteiger partial charge is 0.243 e. The standard InChI is InChI=1S/C27H37N3O5S/c1-21(22-6-9-24(10-7-22)29-14-4-3-5-15-29)28-27(31)13-8-23-20-25(11-12-26(23)34-2)36(32,33)30-16-18-35-19-17-30/h6-7,9-12,20-21H,3-5,8,13-19H2,1-2H3,(H,28,31)/t21-/m0/s1. The summed E-state index contributed by atoms with van der Waals surface area (Å²) in [5, 5.41) is 3.07. The molecule has 196 valence electrons. The average Bonchev–Trinajstić information content (AvgIpc) is 2.92. The fraction of sp³-hybridized carbons (Fsp3) is 0.519. The maximum absolute atomic E-state index is 13.1. The van der Waals surface area contributed by atoms with Gasteiger partial charge in [0.2, 0.25) is 15.9 Å². The van der Waals surface area contributed by atoms with Crippen LogP contribution in [-0.4, -0.2) is 65.1 Å². The highest BCUT2D eigenvalue weighted by atomic mass is 32.2. The summed E-state index contributed by atoms with van der Waals surface area (Å²) in [6.45, 7) is 5.63. The number of ether oxygens (including phenoxy) is 2. The fourth-order valence-corrected chi connectivity index (χ4v) is 6.28. The van der Waals surface area contributed by atoms with Gasteiger partial charge in [0.1, 0.15) is 5.75 Å². The number of nitrogens with zero attached hydrogens (tertiary/aromatic N) is 2. The number of nitrogens with one attached hydrogen (secondary N) is 1. The lowest BCUT2D eigenvalue weighted by Crippen LogP contribution is -2.40. The number of hydrogen-bond donors (Lipinski definition) is 1. The molecule has 0 aliphatic carbocycles. The molecular weight excluding hydrogens is 478 g/mol. The predicted molar refractivity (Wildman–Crippen MR) is 140 cm³/mol. The number of anilines is 1. The molecule has 9 heteroatoms. The number of aryl methyl sites for hydroxylation is 1. The first-order chi connectivity index (χ1) is 17.4. The third-order valence-electron chi connectivity index (χ3n) is 6.97. The Morgan fingerprint density at radius 1 is 1.03 bits per heavy atom. The van der Waals surface area contributed by atoms with Gasteiger partial charge in [0.25, 0.3) is 0 Å². The van der Waals surface area contributed by atoms with Crippen LogP contribution in [0.25, 0.3) is 0 Å². The van der Waals surface area contributed by atoms with Gasteiger partial charge in [0.15, 0.2) is 0 Å². The minimum absolute atomic E-state index is 0.0916. The van der Waals surface area contributed by atoms with Crippen LogP contribution >= 0.6 is 0 Å². The Morgan fingerprint density at radius 3 is 2.39 bits per heavy atom. The van der Waals surface area contributed by atoms with E-state index in [1.54, 1.807) is 25.3 Å². The van der Waals surface area contributed by atoms with Crippen molar-refractivity contribution in [1.82, 2.24) is 9.62 Å². The molecule has 8 nitrogen and oxygen atoms in total. The Bertz CT molecular complexity index is 1120.